The van der Waals surface area contributed by atoms with E-state index in [-0.39, 0.29) is 12.8 Å². The van der Waals surface area contributed by atoms with E-state index in [0.29, 0.717) is 12.8 Å². The van der Waals surface area contributed by atoms with Gasteiger partial charge in [-0.3, -0.25) is 9.59 Å². The van der Waals surface area contributed by atoms with E-state index in [1.54, 1.807) is 0 Å². The van der Waals surface area contributed by atoms with Gasteiger partial charge in [0.25, 0.3) is 0 Å². The SMILES string of the molecule is O=C(CCCCCCCC(=O)NC(CO)C(=O)O)NC(CO)C(=O)O. The zero-order valence-electron chi connectivity index (χ0n) is 13.9. The lowest BCUT2D eigenvalue weighted by atomic mass is 10.1. The van der Waals surface area contributed by atoms with Crippen molar-refractivity contribution in [1.29, 1.82) is 0 Å². The molecule has 10 heteroatoms. The molecule has 0 fully saturated rings. The first-order chi connectivity index (χ1) is 11.8. The number of carbonyl (C=O) groups is 4. The number of aliphatic carboxylic acids is 2. The van der Waals surface area contributed by atoms with Crippen molar-refractivity contribution in [3.8, 4) is 0 Å². The number of aliphatic hydroxyl groups is 2. The van der Waals surface area contributed by atoms with Gasteiger partial charge >= 0.3 is 11.9 Å². The molecule has 2 unspecified atom stereocenters. The lowest BCUT2D eigenvalue weighted by Gasteiger charge is -2.11. The third-order valence-corrected chi connectivity index (χ3v) is 3.44. The number of carbonyl (C=O) groups excluding carboxylic acids is 2. The molecular formula is C15H26N2O8. The van der Waals surface area contributed by atoms with Gasteiger partial charge in [-0.05, 0) is 12.8 Å². The van der Waals surface area contributed by atoms with Crippen molar-refractivity contribution in [2.45, 2.75) is 57.0 Å². The van der Waals surface area contributed by atoms with E-state index in [2.05, 4.69) is 10.6 Å². The van der Waals surface area contributed by atoms with Gasteiger partial charge in [-0.15, -0.1) is 0 Å². The number of hydrogen-bond acceptors (Lipinski definition) is 6. The number of nitrogens with one attached hydrogen (secondary N) is 2. The molecule has 6 N–H and O–H groups in total. The van der Waals surface area contributed by atoms with Crippen LogP contribution in [0.3, 0.4) is 0 Å². The monoisotopic (exact) mass is 362 g/mol. The molecule has 0 aromatic heterocycles. The van der Waals surface area contributed by atoms with Gasteiger partial charge < -0.3 is 31.1 Å². The third-order valence-electron chi connectivity index (χ3n) is 3.44. The summed E-state index contributed by atoms with van der Waals surface area (Å²) in [6.45, 7) is -1.33. The van der Waals surface area contributed by atoms with Crippen LogP contribution in [0.25, 0.3) is 0 Å². The van der Waals surface area contributed by atoms with Crippen molar-refractivity contribution in [3.63, 3.8) is 0 Å². The first-order valence-electron chi connectivity index (χ1n) is 8.07. The highest BCUT2D eigenvalue weighted by Crippen LogP contribution is 2.07. The van der Waals surface area contributed by atoms with Crippen LogP contribution in [0.15, 0.2) is 0 Å². The quantitative estimate of drug-likeness (QED) is 0.210. The largest absolute Gasteiger partial charge is 0.480 e. The van der Waals surface area contributed by atoms with Gasteiger partial charge in [0.05, 0.1) is 13.2 Å². The number of rotatable bonds is 14. The van der Waals surface area contributed by atoms with Gasteiger partial charge in [0.2, 0.25) is 11.8 Å². The van der Waals surface area contributed by atoms with E-state index < -0.39 is 49.1 Å². The third kappa shape index (κ3) is 11.1. The highest BCUT2D eigenvalue weighted by Gasteiger charge is 2.19. The van der Waals surface area contributed by atoms with Crippen LogP contribution in [-0.2, 0) is 19.2 Å². The molecule has 0 aliphatic carbocycles. The maximum Gasteiger partial charge on any atom is 0.328 e. The molecule has 25 heavy (non-hydrogen) atoms. The molecule has 0 heterocycles. The maximum absolute atomic E-state index is 11.5. The molecule has 10 nitrogen and oxygen atoms in total. The van der Waals surface area contributed by atoms with Crippen molar-refractivity contribution in [2.75, 3.05) is 13.2 Å². The van der Waals surface area contributed by atoms with Crippen molar-refractivity contribution in [2.24, 2.45) is 0 Å². The Balaban J connectivity index is 3.70. The summed E-state index contributed by atoms with van der Waals surface area (Å²) in [5, 5.41) is 39.3. The van der Waals surface area contributed by atoms with Crippen LogP contribution in [0.2, 0.25) is 0 Å². The fourth-order valence-electron chi connectivity index (χ4n) is 2.01. The Kier molecular flexibility index (Phi) is 12.0. The summed E-state index contributed by atoms with van der Waals surface area (Å²) < 4.78 is 0. The number of aliphatic hydroxyl groups excluding tert-OH is 2. The lowest BCUT2D eigenvalue weighted by molar-refractivity contribution is -0.143. The highest BCUT2D eigenvalue weighted by atomic mass is 16.4. The molecule has 0 radical (unpaired) electrons. The Hall–Kier alpha value is -2.20. The van der Waals surface area contributed by atoms with Gasteiger partial charge in [-0.2, -0.15) is 0 Å². The second kappa shape index (κ2) is 13.1. The van der Waals surface area contributed by atoms with Crippen LogP contribution in [0.5, 0.6) is 0 Å². The summed E-state index contributed by atoms with van der Waals surface area (Å²) in [5.74, 6) is -3.46. The van der Waals surface area contributed by atoms with Crippen LogP contribution >= 0.6 is 0 Å². The summed E-state index contributed by atoms with van der Waals surface area (Å²) in [7, 11) is 0. The molecule has 0 spiro atoms. The number of unbranched alkanes of at least 4 members (excludes halogenated alkanes) is 4. The number of carboxylic acid groups (broad SMARTS) is 2. The van der Waals surface area contributed by atoms with E-state index in [4.69, 9.17) is 20.4 Å². The van der Waals surface area contributed by atoms with Gasteiger partial charge in [-0.25, -0.2) is 9.59 Å². The molecule has 0 rings (SSSR count). The van der Waals surface area contributed by atoms with Crippen LogP contribution in [0.4, 0.5) is 0 Å². The molecule has 0 aliphatic heterocycles. The number of hydrogen-bond donors (Lipinski definition) is 6. The Bertz CT molecular complexity index is 415. The van der Waals surface area contributed by atoms with E-state index in [1.807, 2.05) is 0 Å². The normalized spacial score (nSPS) is 12.9. The topological polar surface area (TPSA) is 173 Å². The number of amides is 2. The Morgan fingerprint density at radius 3 is 1.24 bits per heavy atom. The van der Waals surface area contributed by atoms with E-state index in [0.717, 1.165) is 19.3 Å². The summed E-state index contributed by atoms with van der Waals surface area (Å²) in [4.78, 5) is 44.2. The van der Waals surface area contributed by atoms with Crippen LogP contribution in [-0.4, -0.2) is 69.5 Å². The molecule has 2 atom stereocenters. The van der Waals surface area contributed by atoms with Gasteiger partial charge in [0.1, 0.15) is 12.1 Å². The van der Waals surface area contributed by atoms with E-state index >= 15 is 0 Å². The standard InChI is InChI=1S/C15H26N2O8/c18-8-10(14(22)23)16-12(20)6-4-2-1-3-5-7-13(21)17-11(9-19)15(24)25/h10-11,18-19H,1-9H2,(H,16,20)(H,17,21)(H,22,23)(H,24,25). The minimum Gasteiger partial charge on any atom is -0.480 e. The van der Waals surface area contributed by atoms with Crippen molar-refractivity contribution < 1.29 is 39.6 Å². The van der Waals surface area contributed by atoms with Crippen LogP contribution in [0.1, 0.15) is 44.9 Å². The first kappa shape index (κ1) is 22.8. The van der Waals surface area contributed by atoms with Gasteiger partial charge in [0, 0.05) is 12.8 Å². The molecular weight excluding hydrogens is 336 g/mol. The summed E-state index contributed by atoms with van der Waals surface area (Å²) in [5.41, 5.74) is 0. The Morgan fingerprint density at radius 2 is 0.960 bits per heavy atom. The molecule has 0 aromatic rings. The number of carboxylic acids is 2. The molecule has 0 saturated heterocycles. The second-order valence-corrected chi connectivity index (χ2v) is 5.55. The molecule has 0 aromatic carbocycles. The minimum absolute atomic E-state index is 0.154. The smallest absolute Gasteiger partial charge is 0.328 e. The fourth-order valence-corrected chi connectivity index (χ4v) is 2.01. The van der Waals surface area contributed by atoms with Crippen LogP contribution < -0.4 is 10.6 Å². The van der Waals surface area contributed by atoms with Gasteiger partial charge in [0.15, 0.2) is 0 Å². The maximum atomic E-state index is 11.5. The van der Waals surface area contributed by atoms with Gasteiger partial charge in [-0.1, -0.05) is 19.3 Å². The molecule has 144 valence electrons. The zero-order valence-corrected chi connectivity index (χ0v) is 13.9. The molecule has 0 saturated carbocycles. The fraction of sp³-hybridized carbons (Fsp3) is 0.733. The van der Waals surface area contributed by atoms with Crippen molar-refractivity contribution >= 4 is 23.8 Å². The summed E-state index contributed by atoms with van der Waals surface area (Å²) in [6.07, 6.45) is 3.64. The summed E-state index contributed by atoms with van der Waals surface area (Å²) >= 11 is 0. The molecule has 2 amide bonds. The molecule has 0 bridgehead atoms. The Labute approximate surface area is 145 Å². The predicted molar refractivity (Wildman–Crippen MR) is 85.6 cm³/mol. The lowest BCUT2D eigenvalue weighted by Crippen LogP contribution is -2.43. The van der Waals surface area contributed by atoms with Crippen molar-refractivity contribution in [3.05, 3.63) is 0 Å². The predicted octanol–water partition coefficient (Wildman–Crippen LogP) is -1.16. The first-order valence-corrected chi connectivity index (χ1v) is 8.07. The van der Waals surface area contributed by atoms with Crippen molar-refractivity contribution in [1.82, 2.24) is 10.6 Å². The average molecular weight is 362 g/mol. The average Bonchev–Trinajstić information content (AvgIpc) is 2.55. The van der Waals surface area contributed by atoms with E-state index in [9.17, 15) is 19.2 Å². The second-order valence-electron chi connectivity index (χ2n) is 5.55. The zero-order chi connectivity index (χ0) is 19.2. The minimum atomic E-state index is -1.29. The molecule has 0 aliphatic rings. The summed E-state index contributed by atoms with van der Waals surface area (Å²) in [6, 6.07) is -2.58. The van der Waals surface area contributed by atoms with E-state index in [1.165, 1.54) is 0 Å². The van der Waals surface area contributed by atoms with Crippen LogP contribution in [0, 0.1) is 0 Å². The highest BCUT2D eigenvalue weighted by molar-refractivity contribution is 5.84. The Morgan fingerprint density at radius 1 is 0.640 bits per heavy atom.